The van der Waals surface area contributed by atoms with Crippen molar-refractivity contribution in [3.63, 3.8) is 0 Å². The number of carbonyl (C=O) groups excluding carboxylic acids is 1. The van der Waals surface area contributed by atoms with Gasteiger partial charge in [0.15, 0.2) is 5.13 Å². The molecule has 4 nitrogen and oxygen atoms in total. The molecule has 0 unspecified atom stereocenters. The van der Waals surface area contributed by atoms with Gasteiger partial charge in [0.1, 0.15) is 5.75 Å². The van der Waals surface area contributed by atoms with Gasteiger partial charge in [-0.3, -0.25) is 10.1 Å². The van der Waals surface area contributed by atoms with E-state index >= 15 is 0 Å². The summed E-state index contributed by atoms with van der Waals surface area (Å²) in [4.78, 5) is 18.5. The second-order valence-corrected chi connectivity index (χ2v) is 7.14. The first-order chi connectivity index (χ1) is 12.6. The lowest BCUT2D eigenvalue weighted by atomic mass is 10.1. The second-order valence-electron chi connectivity index (χ2n) is 6.06. The number of aryl methyl sites for hydroxylation is 2. The van der Waals surface area contributed by atoms with Crippen molar-refractivity contribution in [3.05, 3.63) is 64.5 Å². The van der Waals surface area contributed by atoms with E-state index in [2.05, 4.69) is 43.4 Å². The summed E-state index contributed by atoms with van der Waals surface area (Å²) in [5, 5.41) is 3.53. The van der Waals surface area contributed by atoms with Crippen LogP contribution in [0.5, 0.6) is 5.75 Å². The lowest BCUT2D eigenvalue weighted by Gasteiger charge is -2.07. The van der Waals surface area contributed by atoms with Gasteiger partial charge in [-0.15, -0.1) is 11.3 Å². The molecule has 0 aliphatic heterocycles. The molecule has 0 bridgehead atoms. The van der Waals surface area contributed by atoms with Gasteiger partial charge in [0.2, 0.25) is 0 Å². The van der Waals surface area contributed by atoms with E-state index in [1.807, 2.05) is 12.1 Å². The number of hydrogen-bond acceptors (Lipinski definition) is 4. The molecule has 5 heteroatoms. The van der Waals surface area contributed by atoms with E-state index in [0.29, 0.717) is 16.4 Å². The van der Waals surface area contributed by atoms with Gasteiger partial charge in [-0.1, -0.05) is 55.3 Å². The van der Waals surface area contributed by atoms with E-state index in [1.54, 1.807) is 19.2 Å². The molecule has 0 saturated carbocycles. The highest BCUT2D eigenvalue weighted by Crippen LogP contribution is 2.33. The van der Waals surface area contributed by atoms with Crippen molar-refractivity contribution >= 4 is 22.4 Å². The van der Waals surface area contributed by atoms with Crippen LogP contribution in [-0.2, 0) is 6.42 Å². The zero-order valence-electron chi connectivity index (χ0n) is 15.2. The maximum absolute atomic E-state index is 12.6. The Morgan fingerprint density at radius 3 is 2.58 bits per heavy atom. The van der Waals surface area contributed by atoms with E-state index in [9.17, 15) is 4.79 Å². The number of para-hydroxylation sites is 1. The van der Waals surface area contributed by atoms with Crippen LogP contribution in [0.3, 0.4) is 0 Å². The Bertz CT molecular complexity index is 901. The molecule has 0 aliphatic rings. The lowest BCUT2D eigenvalue weighted by Crippen LogP contribution is -2.12. The van der Waals surface area contributed by atoms with E-state index in [1.165, 1.54) is 21.8 Å². The highest BCUT2D eigenvalue weighted by molar-refractivity contribution is 7.16. The summed E-state index contributed by atoms with van der Waals surface area (Å²) in [5.41, 5.74) is 3.74. The molecule has 0 aliphatic carbocycles. The van der Waals surface area contributed by atoms with Crippen molar-refractivity contribution in [2.75, 3.05) is 12.4 Å². The Morgan fingerprint density at radius 2 is 1.88 bits per heavy atom. The third-order valence-corrected chi connectivity index (χ3v) is 5.10. The molecule has 0 atom stereocenters. The number of carbonyl (C=O) groups is 1. The molecule has 2 aromatic carbocycles. The molecule has 0 spiro atoms. The minimum atomic E-state index is -0.213. The van der Waals surface area contributed by atoms with Gasteiger partial charge in [0.05, 0.1) is 18.4 Å². The zero-order valence-corrected chi connectivity index (χ0v) is 16.0. The van der Waals surface area contributed by atoms with Crippen molar-refractivity contribution in [3.8, 4) is 17.0 Å². The van der Waals surface area contributed by atoms with Crippen LogP contribution in [0.1, 0.15) is 34.1 Å². The minimum absolute atomic E-state index is 0.213. The number of ether oxygens (including phenoxy) is 1. The van der Waals surface area contributed by atoms with Gasteiger partial charge in [-0.05, 0) is 25.5 Å². The van der Waals surface area contributed by atoms with Gasteiger partial charge in [-0.2, -0.15) is 0 Å². The predicted molar refractivity (Wildman–Crippen MR) is 107 cm³/mol. The number of hydrogen-bond donors (Lipinski definition) is 1. The highest BCUT2D eigenvalue weighted by Gasteiger charge is 2.17. The fourth-order valence-electron chi connectivity index (χ4n) is 2.74. The van der Waals surface area contributed by atoms with E-state index in [4.69, 9.17) is 9.72 Å². The molecule has 3 rings (SSSR count). The van der Waals surface area contributed by atoms with Crippen LogP contribution in [0.15, 0.2) is 48.5 Å². The molecular weight excluding hydrogens is 344 g/mol. The number of thiazole rings is 1. The Labute approximate surface area is 157 Å². The molecule has 1 N–H and O–H groups in total. The average molecular weight is 366 g/mol. The largest absolute Gasteiger partial charge is 0.496 e. The Kier molecular flexibility index (Phi) is 5.68. The summed E-state index contributed by atoms with van der Waals surface area (Å²) in [6.45, 7) is 4.21. The molecular formula is C21H22N2O2S. The summed E-state index contributed by atoms with van der Waals surface area (Å²) < 4.78 is 5.27. The number of benzene rings is 2. The fraction of sp³-hybridized carbons (Fsp3) is 0.238. The van der Waals surface area contributed by atoms with Gasteiger partial charge in [0, 0.05) is 10.4 Å². The molecule has 1 heterocycles. The minimum Gasteiger partial charge on any atom is -0.496 e. The molecule has 0 saturated heterocycles. The first-order valence-electron chi connectivity index (χ1n) is 8.63. The fourth-order valence-corrected chi connectivity index (χ4v) is 3.82. The molecule has 0 fully saturated rings. The Hall–Kier alpha value is -2.66. The van der Waals surface area contributed by atoms with Crippen LogP contribution in [0.2, 0.25) is 0 Å². The summed E-state index contributed by atoms with van der Waals surface area (Å²) in [6.07, 6.45) is 1.96. The first kappa shape index (κ1) is 18.1. The number of rotatable bonds is 6. The van der Waals surface area contributed by atoms with Crippen LogP contribution in [-0.4, -0.2) is 18.0 Å². The topological polar surface area (TPSA) is 51.2 Å². The average Bonchev–Trinajstić information content (AvgIpc) is 3.05. The van der Waals surface area contributed by atoms with Crippen LogP contribution >= 0.6 is 11.3 Å². The smallest absolute Gasteiger partial charge is 0.261 e. The number of methoxy groups -OCH3 is 1. The van der Waals surface area contributed by atoms with Crippen molar-refractivity contribution < 1.29 is 9.53 Å². The van der Waals surface area contributed by atoms with E-state index < -0.39 is 0 Å². The van der Waals surface area contributed by atoms with Gasteiger partial charge in [0.25, 0.3) is 5.91 Å². The number of amides is 1. The Morgan fingerprint density at radius 1 is 1.15 bits per heavy atom. The van der Waals surface area contributed by atoms with Crippen LogP contribution in [0.4, 0.5) is 5.13 Å². The van der Waals surface area contributed by atoms with Crippen molar-refractivity contribution in [2.45, 2.75) is 26.7 Å². The first-order valence-corrected chi connectivity index (χ1v) is 9.45. The lowest BCUT2D eigenvalue weighted by molar-refractivity contribution is 0.102. The van der Waals surface area contributed by atoms with E-state index in [-0.39, 0.29) is 5.91 Å². The molecule has 1 amide bonds. The van der Waals surface area contributed by atoms with Crippen LogP contribution in [0.25, 0.3) is 11.3 Å². The maximum Gasteiger partial charge on any atom is 0.261 e. The third-order valence-electron chi connectivity index (χ3n) is 4.07. The summed E-state index contributed by atoms with van der Waals surface area (Å²) >= 11 is 1.54. The number of nitrogens with one attached hydrogen (secondary N) is 1. The quantitative estimate of drug-likeness (QED) is 0.641. The van der Waals surface area contributed by atoms with Gasteiger partial charge < -0.3 is 4.74 Å². The second kappa shape index (κ2) is 8.15. The third kappa shape index (κ3) is 3.94. The normalized spacial score (nSPS) is 10.6. The number of aromatic nitrogens is 1. The van der Waals surface area contributed by atoms with E-state index in [0.717, 1.165) is 24.1 Å². The van der Waals surface area contributed by atoms with Gasteiger partial charge >= 0.3 is 0 Å². The molecule has 0 radical (unpaired) electrons. The van der Waals surface area contributed by atoms with Crippen LogP contribution in [0, 0.1) is 6.92 Å². The maximum atomic E-state index is 12.6. The standard InChI is InChI=1S/C21H22N2O2S/c1-4-7-18-19(15-12-10-14(2)11-13-15)22-21(26-18)23-20(24)16-8-5-6-9-17(16)25-3/h5-6,8-13H,4,7H2,1-3H3,(H,22,23,24). The SMILES string of the molecule is CCCc1sc(NC(=O)c2ccccc2OC)nc1-c1ccc(C)cc1. The molecule has 26 heavy (non-hydrogen) atoms. The number of anilines is 1. The number of nitrogens with zero attached hydrogens (tertiary/aromatic N) is 1. The molecule has 134 valence electrons. The predicted octanol–water partition coefficient (Wildman–Crippen LogP) is 5.33. The summed E-state index contributed by atoms with van der Waals surface area (Å²) in [5.74, 6) is 0.337. The van der Waals surface area contributed by atoms with Crippen LogP contribution < -0.4 is 10.1 Å². The molecule has 3 aromatic rings. The highest BCUT2D eigenvalue weighted by atomic mass is 32.1. The van der Waals surface area contributed by atoms with Crippen molar-refractivity contribution in [1.29, 1.82) is 0 Å². The summed E-state index contributed by atoms with van der Waals surface area (Å²) in [7, 11) is 1.56. The summed E-state index contributed by atoms with van der Waals surface area (Å²) in [6, 6.07) is 15.5. The van der Waals surface area contributed by atoms with Crippen molar-refractivity contribution in [2.24, 2.45) is 0 Å². The molecule has 1 aromatic heterocycles. The zero-order chi connectivity index (χ0) is 18.5. The monoisotopic (exact) mass is 366 g/mol. The van der Waals surface area contributed by atoms with Crippen molar-refractivity contribution in [1.82, 2.24) is 4.98 Å². The van der Waals surface area contributed by atoms with Gasteiger partial charge in [-0.25, -0.2) is 4.98 Å². The Balaban J connectivity index is 1.90.